The maximum absolute atomic E-state index is 11.9. The predicted octanol–water partition coefficient (Wildman–Crippen LogP) is 2.40. The Morgan fingerprint density at radius 1 is 1.20 bits per heavy atom. The minimum absolute atomic E-state index is 0.276. The predicted molar refractivity (Wildman–Crippen MR) is 74.3 cm³/mol. The minimum atomic E-state index is -0.892. The smallest absolute Gasteiger partial charge is 0.309 e. The Morgan fingerprint density at radius 3 is 2.45 bits per heavy atom. The number of esters is 1. The zero-order valence-electron chi connectivity index (χ0n) is 12.1. The maximum Gasteiger partial charge on any atom is 0.309 e. The summed E-state index contributed by atoms with van der Waals surface area (Å²) in [6.45, 7) is 6.90. The van der Waals surface area contributed by atoms with Crippen molar-refractivity contribution in [3.05, 3.63) is 12.2 Å². The molecule has 0 aromatic carbocycles. The van der Waals surface area contributed by atoms with Crippen LogP contribution in [-0.2, 0) is 19.1 Å². The largest absolute Gasteiger partial charge is 0.481 e. The fraction of sp³-hybridized carbons (Fsp3) is 0.733. The Morgan fingerprint density at radius 2 is 1.85 bits per heavy atom. The molecule has 1 rings (SSSR count). The highest BCUT2D eigenvalue weighted by Crippen LogP contribution is 2.31. The molecule has 0 aromatic rings. The van der Waals surface area contributed by atoms with Crippen LogP contribution < -0.4 is 0 Å². The number of carbonyl (C=O) groups is 2. The van der Waals surface area contributed by atoms with E-state index in [1.807, 2.05) is 6.92 Å². The van der Waals surface area contributed by atoms with Crippen molar-refractivity contribution in [3.8, 4) is 0 Å². The van der Waals surface area contributed by atoms with Crippen LogP contribution in [0.15, 0.2) is 12.2 Å². The number of carboxylic acid groups (broad SMARTS) is 1. The average molecular weight is 284 g/mol. The second-order valence-corrected chi connectivity index (χ2v) is 5.37. The number of carboxylic acids is 1. The molecule has 5 heteroatoms. The van der Waals surface area contributed by atoms with E-state index in [1.165, 1.54) is 0 Å². The van der Waals surface area contributed by atoms with Crippen LogP contribution in [-0.4, -0.2) is 36.9 Å². The lowest BCUT2D eigenvalue weighted by Gasteiger charge is -2.26. The van der Waals surface area contributed by atoms with E-state index in [4.69, 9.17) is 14.6 Å². The number of aliphatic carboxylic acids is 1. The summed E-state index contributed by atoms with van der Waals surface area (Å²) in [5, 5.41) is 9.12. The molecular formula is C15H24O5. The zero-order chi connectivity index (χ0) is 15.0. The summed E-state index contributed by atoms with van der Waals surface area (Å²) in [5.41, 5.74) is 0.952. The highest BCUT2D eigenvalue weighted by molar-refractivity contribution is 5.81. The third-order valence-corrected chi connectivity index (χ3v) is 3.41. The van der Waals surface area contributed by atoms with Crippen molar-refractivity contribution in [2.24, 2.45) is 11.8 Å². The fourth-order valence-corrected chi connectivity index (χ4v) is 2.40. The molecule has 2 atom stereocenters. The molecule has 1 fully saturated rings. The summed E-state index contributed by atoms with van der Waals surface area (Å²) in [4.78, 5) is 23.0. The van der Waals surface area contributed by atoms with Gasteiger partial charge in [0.05, 0.1) is 31.7 Å². The van der Waals surface area contributed by atoms with Crippen molar-refractivity contribution in [3.63, 3.8) is 0 Å². The molecule has 0 saturated heterocycles. The van der Waals surface area contributed by atoms with Gasteiger partial charge >= 0.3 is 11.9 Å². The molecule has 5 nitrogen and oxygen atoms in total. The first-order valence-corrected chi connectivity index (χ1v) is 7.14. The van der Waals surface area contributed by atoms with Crippen LogP contribution >= 0.6 is 0 Å². The molecule has 1 N–H and O–H groups in total. The van der Waals surface area contributed by atoms with E-state index in [0.29, 0.717) is 32.5 Å². The second kappa shape index (κ2) is 8.74. The van der Waals surface area contributed by atoms with Gasteiger partial charge in [0, 0.05) is 6.42 Å². The van der Waals surface area contributed by atoms with Gasteiger partial charge in [0.15, 0.2) is 0 Å². The van der Waals surface area contributed by atoms with Gasteiger partial charge in [0.25, 0.3) is 0 Å². The van der Waals surface area contributed by atoms with Gasteiger partial charge in [0.1, 0.15) is 0 Å². The molecule has 2 unspecified atom stereocenters. The van der Waals surface area contributed by atoms with Gasteiger partial charge in [-0.25, -0.2) is 0 Å². The SMILES string of the molecule is C=C(C)COCCCOC(=O)C1CCCCC1C(=O)O. The van der Waals surface area contributed by atoms with Gasteiger partial charge in [-0.05, 0) is 19.8 Å². The van der Waals surface area contributed by atoms with Crippen LogP contribution in [0.3, 0.4) is 0 Å². The van der Waals surface area contributed by atoms with E-state index in [9.17, 15) is 9.59 Å². The van der Waals surface area contributed by atoms with E-state index >= 15 is 0 Å². The number of ether oxygens (including phenoxy) is 2. The quantitative estimate of drug-likeness (QED) is 0.421. The molecule has 1 saturated carbocycles. The van der Waals surface area contributed by atoms with Crippen molar-refractivity contribution in [1.29, 1.82) is 0 Å². The van der Waals surface area contributed by atoms with Crippen molar-refractivity contribution in [2.45, 2.75) is 39.0 Å². The van der Waals surface area contributed by atoms with Crippen LogP contribution in [0, 0.1) is 11.8 Å². The summed E-state index contributed by atoms with van der Waals surface area (Å²) >= 11 is 0. The summed E-state index contributed by atoms with van der Waals surface area (Å²) in [6.07, 6.45) is 3.56. The highest BCUT2D eigenvalue weighted by atomic mass is 16.5. The summed E-state index contributed by atoms with van der Waals surface area (Å²) in [6, 6.07) is 0. The third kappa shape index (κ3) is 5.74. The topological polar surface area (TPSA) is 72.8 Å². The lowest BCUT2D eigenvalue weighted by Crippen LogP contribution is -2.34. The molecule has 20 heavy (non-hydrogen) atoms. The van der Waals surface area contributed by atoms with Crippen molar-refractivity contribution >= 4 is 11.9 Å². The van der Waals surface area contributed by atoms with E-state index in [1.54, 1.807) is 0 Å². The normalized spacial score (nSPS) is 22.2. The molecule has 0 amide bonds. The van der Waals surface area contributed by atoms with E-state index in [0.717, 1.165) is 18.4 Å². The lowest BCUT2D eigenvalue weighted by molar-refractivity contribution is -0.160. The second-order valence-electron chi connectivity index (χ2n) is 5.37. The van der Waals surface area contributed by atoms with Gasteiger partial charge in [-0.1, -0.05) is 25.0 Å². The molecule has 0 spiro atoms. The molecule has 1 aliphatic carbocycles. The Labute approximate surface area is 119 Å². The van der Waals surface area contributed by atoms with Gasteiger partial charge in [-0.2, -0.15) is 0 Å². The van der Waals surface area contributed by atoms with E-state index in [-0.39, 0.29) is 12.6 Å². The summed E-state index contributed by atoms with van der Waals surface area (Å²) in [5.74, 6) is -2.35. The summed E-state index contributed by atoms with van der Waals surface area (Å²) in [7, 11) is 0. The molecule has 0 radical (unpaired) electrons. The average Bonchev–Trinajstić information content (AvgIpc) is 2.42. The fourth-order valence-electron chi connectivity index (χ4n) is 2.40. The number of rotatable bonds is 8. The van der Waals surface area contributed by atoms with Crippen LogP contribution in [0.4, 0.5) is 0 Å². The number of hydrogen-bond acceptors (Lipinski definition) is 4. The van der Waals surface area contributed by atoms with Crippen LogP contribution in [0.5, 0.6) is 0 Å². The van der Waals surface area contributed by atoms with E-state index in [2.05, 4.69) is 6.58 Å². The Balaban J connectivity index is 2.23. The molecule has 1 aliphatic rings. The Hall–Kier alpha value is -1.36. The first kappa shape index (κ1) is 16.7. The first-order valence-electron chi connectivity index (χ1n) is 7.14. The van der Waals surface area contributed by atoms with Gasteiger partial charge in [-0.15, -0.1) is 0 Å². The molecule has 0 aliphatic heterocycles. The highest BCUT2D eigenvalue weighted by Gasteiger charge is 2.36. The monoisotopic (exact) mass is 284 g/mol. The number of hydrogen-bond donors (Lipinski definition) is 1. The molecule has 0 heterocycles. The lowest BCUT2D eigenvalue weighted by atomic mass is 9.79. The van der Waals surface area contributed by atoms with Crippen LogP contribution in [0.2, 0.25) is 0 Å². The van der Waals surface area contributed by atoms with Crippen molar-refractivity contribution in [1.82, 2.24) is 0 Å². The first-order chi connectivity index (χ1) is 9.52. The van der Waals surface area contributed by atoms with E-state index < -0.39 is 17.8 Å². The zero-order valence-corrected chi connectivity index (χ0v) is 12.1. The standard InChI is InChI=1S/C15H24O5/c1-11(2)10-19-8-5-9-20-15(18)13-7-4-3-6-12(13)14(16)17/h12-13H,1,3-10H2,2H3,(H,16,17). The van der Waals surface area contributed by atoms with Crippen molar-refractivity contribution in [2.75, 3.05) is 19.8 Å². The summed E-state index contributed by atoms with van der Waals surface area (Å²) < 4.78 is 10.5. The minimum Gasteiger partial charge on any atom is -0.481 e. The van der Waals surface area contributed by atoms with Crippen LogP contribution in [0.25, 0.3) is 0 Å². The number of carbonyl (C=O) groups excluding carboxylic acids is 1. The van der Waals surface area contributed by atoms with Crippen molar-refractivity contribution < 1.29 is 24.2 Å². The van der Waals surface area contributed by atoms with Gasteiger partial charge in [0.2, 0.25) is 0 Å². The maximum atomic E-state index is 11.9. The molecular weight excluding hydrogens is 260 g/mol. The van der Waals surface area contributed by atoms with Gasteiger partial charge < -0.3 is 14.6 Å². The molecule has 114 valence electrons. The van der Waals surface area contributed by atoms with Crippen LogP contribution in [0.1, 0.15) is 39.0 Å². The Bertz CT molecular complexity index is 350. The molecule has 0 bridgehead atoms. The Kier molecular flexibility index (Phi) is 7.30. The molecule has 0 aromatic heterocycles. The van der Waals surface area contributed by atoms with Gasteiger partial charge in [-0.3, -0.25) is 9.59 Å². The third-order valence-electron chi connectivity index (χ3n) is 3.41.